The third-order valence-electron chi connectivity index (χ3n) is 2.30. The molecule has 1 aromatic rings. The molecule has 0 spiro atoms. The summed E-state index contributed by atoms with van der Waals surface area (Å²) in [5, 5.41) is 8.98. The predicted octanol–water partition coefficient (Wildman–Crippen LogP) is 2.14. The van der Waals surface area contributed by atoms with Crippen molar-refractivity contribution in [2.45, 2.75) is 31.6 Å². The molecule has 0 aliphatic carbocycles. The zero-order chi connectivity index (χ0) is 9.26. The second-order valence-corrected chi connectivity index (χ2v) is 5.01. The molecule has 2 heterocycles. The van der Waals surface area contributed by atoms with Gasteiger partial charge >= 0.3 is 0 Å². The summed E-state index contributed by atoms with van der Waals surface area (Å²) in [5.41, 5.74) is 0. The van der Waals surface area contributed by atoms with Gasteiger partial charge in [0.15, 0.2) is 0 Å². The largest absolute Gasteiger partial charge is 0.301 e. The summed E-state index contributed by atoms with van der Waals surface area (Å²) in [6, 6.07) is 0. The Morgan fingerprint density at radius 3 is 3.00 bits per heavy atom. The fourth-order valence-corrected chi connectivity index (χ4v) is 3.04. The molecule has 0 radical (unpaired) electrons. The maximum Gasteiger partial charge on any atom is 0.225 e. The van der Waals surface area contributed by atoms with Gasteiger partial charge in [0.2, 0.25) is 5.28 Å². The van der Waals surface area contributed by atoms with Crippen LogP contribution in [0.5, 0.6) is 0 Å². The van der Waals surface area contributed by atoms with Gasteiger partial charge in [0, 0.05) is 11.8 Å². The van der Waals surface area contributed by atoms with E-state index in [4.69, 9.17) is 11.6 Å². The van der Waals surface area contributed by atoms with Crippen LogP contribution in [0, 0.1) is 6.92 Å². The highest BCUT2D eigenvalue weighted by Gasteiger charge is 2.18. The number of rotatable bonds is 2. The van der Waals surface area contributed by atoms with E-state index in [9.17, 15) is 0 Å². The van der Waals surface area contributed by atoms with Crippen molar-refractivity contribution in [3.63, 3.8) is 0 Å². The molecule has 13 heavy (non-hydrogen) atoms. The van der Waals surface area contributed by atoms with Gasteiger partial charge in [0.1, 0.15) is 5.82 Å². The van der Waals surface area contributed by atoms with Crippen LogP contribution in [0.1, 0.15) is 18.7 Å². The molecule has 1 saturated heterocycles. The molecule has 3 nitrogen and oxygen atoms in total. The second-order valence-electron chi connectivity index (χ2n) is 3.26. The summed E-state index contributed by atoms with van der Waals surface area (Å²) >= 11 is 7.93. The first-order chi connectivity index (χ1) is 6.27. The topological polar surface area (TPSA) is 30.7 Å². The van der Waals surface area contributed by atoms with Gasteiger partial charge < -0.3 is 4.57 Å². The van der Waals surface area contributed by atoms with Crippen molar-refractivity contribution in [2.24, 2.45) is 0 Å². The fraction of sp³-hybridized carbons (Fsp3) is 0.750. The van der Waals surface area contributed by atoms with Crippen LogP contribution in [0.2, 0.25) is 5.28 Å². The Morgan fingerprint density at radius 2 is 2.46 bits per heavy atom. The lowest BCUT2D eigenvalue weighted by Crippen LogP contribution is -2.11. The van der Waals surface area contributed by atoms with Crippen molar-refractivity contribution >= 4 is 23.4 Å². The summed E-state index contributed by atoms with van der Waals surface area (Å²) in [5.74, 6) is 2.20. The minimum atomic E-state index is 0.519. The minimum absolute atomic E-state index is 0.519. The van der Waals surface area contributed by atoms with E-state index in [0.29, 0.717) is 10.5 Å². The van der Waals surface area contributed by atoms with Crippen LogP contribution in [0.15, 0.2) is 0 Å². The van der Waals surface area contributed by atoms with Crippen molar-refractivity contribution in [1.82, 2.24) is 14.8 Å². The van der Waals surface area contributed by atoms with Gasteiger partial charge in [-0.05, 0) is 37.1 Å². The van der Waals surface area contributed by atoms with Gasteiger partial charge in [0.05, 0.1) is 0 Å². The van der Waals surface area contributed by atoms with Crippen LogP contribution in [0.3, 0.4) is 0 Å². The Balaban J connectivity index is 2.07. The first-order valence-electron chi connectivity index (χ1n) is 4.44. The number of aryl methyl sites for hydroxylation is 1. The lowest BCUT2D eigenvalue weighted by atomic mass is 10.2. The minimum Gasteiger partial charge on any atom is -0.301 e. The van der Waals surface area contributed by atoms with Crippen LogP contribution in [0.25, 0.3) is 0 Å². The van der Waals surface area contributed by atoms with E-state index >= 15 is 0 Å². The van der Waals surface area contributed by atoms with Gasteiger partial charge in [-0.1, -0.05) is 0 Å². The monoisotopic (exact) mass is 217 g/mol. The normalized spacial score (nSPS) is 22.5. The van der Waals surface area contributed by atoms with E-state index < -0.39 is 0 Å². The highest BCUT2D eigenvalue weighted by atomic mass is 35.5. The maximum absolute atomic E-state index is 5.90. The SMILES string of the molecule is Cc1nnc(Cl)n1CC1CCCS1. The fourth-order valence-electron chi connectivity index (χ4n) is 1.55. The van der Waals surface area contributed by atoms with Gasteiger partial charge in [0.25, 0.3) is 0 Å². The van der Waals surface area contributed by atoms with Gasteiger partial charge in [-0.15, -0.1) is 10.2 Å². The molecule has 1 aliphatic rings. The number of thioether (sulfide) groups is 1. The second kappa shape index (κ2) is 3.88. The van der Waals surface area contributed by atoms with Crippen LogP contribution in [0.4, 0.5) is 0 Å². The first-order valence-corrected chi connectivity index (χ1v) is 5.87. The van der Waals surface area contributed by atoms with E-state index in [-0.39, 0.29) is 0 Å². The molecule has 0 amide bonds. The van der Waals surface area contributed by atoms with E-state index in [0.717, 1.165) is 12.4 Å². The Kier molecular flexibility index (Phi) is 2.79. The summed E-state index contributed by atoms with van der Waals surface area (Å²) in [7, 11) is 0. The Bertz CT molecular complexity index is 274. The van der Waals surface area contributed by atoms with Crippen molar-refractivity contribution in [2.75, 3.05) is 5.75 Å². The smallest absolute Gasteiger partial charge is 0.225 e. The summed E-state index contributed by atoms with van der Waals surface area (Å²) in [6.07, 6.45) is 2.62. The lowest BCUT2D eigenvalue weighted by Gasteiger charge is -2.10. The van der Waals surface area contributed by atoms with Gasteiger partial charge in [-0.2, -0.15) is 11.8 Å². The molecule has 1 atom stereocenters. The molecule has 1 fully saturated rings. The van der Waals surface area contributed by atoms with Crippen molar-refractivity contribution in [3.8, 4) is 0 Å². The first kappa shape index (κ1) is 9.34. The molecule has 1 aromatic heterocycles. The number of aromatic nitrogens is 3. The molecular formula is C8H12ClN3S. The van der Waals surface area contributed by atoms with Crippen molar-refractivity contribution in [1.29, 1.82) is 0 Å². The molecule has 72 valence electrons. The number of nitrogens with zero attached hydrogens (tertiary/aromatic N) is 3. The molecule has 1 aliphatic heterocycles. The van der Waals surface area contributed by atoms with Crippen LogP contribution in [-0.2, 0) is 6.54 Å². The highest BCUT2D eigenvalue weighted by molar-refractivity contribution is 8.00. The van der Waals surface area contributed by atoms with Crippen LogP contribution >= 0.6 is 23.4 Å². The standard InChI is InChI=1S/C8H12ClN3S/c1-6-10-11-8(9)12(6)5-7-3-2-4-13-7/h7H,2-5H2,1H3. The van der Waals surface area contributed by atoms with Crippen LogP contribution in [-0.4, -0.2) is 25.8 Å². The maximum atomic E-state index is 5.90. The summed E-state index contributed by atoms with van der Waals surface area (Å²) < 4.78 is 1.99. The molecule has 0 bridgehead atoms. The number of halogens is 1. The Labute approximate surface area is 86.9 Å². The zero-order valence-electron chi connectivity index (χ0n) is 7.53. The zero-order valence-corrected chi connectivity index (χ0v) is 9.11. The van der Waals surface area contributed by atoms with Gasteiger partial charge in [-0.3, -0.25) is 0 Å². The van der Waals surface area contributed by atoms with E-state index in [1.807, 2.05) is 23.3 Å². The van der Waals surface area contributed by atoms with Gasteiger partial charge in [-0.25, -0.2) is 0 Å². The molecule has 5 heteroatoms. The molecule has 2 rings (SSSR count). The van der Waals surface area contributed by atoms with Crippen LogP contribution < -0.4 is 0 Å². The number of hydrogen-bond donors (Lipinski definition) is 0. The van der Waals surface area contributed by atoms with Crippen molar-refractivity contribution < 1.29 is 0 Å². The predicted molar refractivity (Wildman–Crippen MR) is 55.2 cm³/mol. The summed E-state index contributed by atoms with van der Waals surface area (Å²) in [4.78, 5) is 0. The Morgan fingerprint density at radius 1 is 1.62 bits per heavy atom. The molecule has 0 saturated carbocycles. The molecule has 0 N–H and O–H groups in total. The average Bonchev–Trinajstić information content (AvgIpc) is 2.70. The third-order valence-corrected chi connectivity index (χ3v) is 3.96. The van der Waals surface area contributed by atoms with E-state index in [1.54, 1.807) is 0 Å². The molecule has 1 unspecified atom stereocenters. The quantitative estimate of drug-likeness (QED) is 0.761. The lowest BCUT2D eigenvalue weighted by molar-refractivity contribution is 0.623. The average molecular weight is 218 g/mol. The van der Waals surface area contributed by atoms with E-state index in [2.05, 4.69) is 10.2 Å². The molecule has 0 aromatic carbocycles. The third kappa shape index (κ3) is 1.99. The molecular weight excluding hydrogens is 206 g/mol. The Hall–Kier alpha value is -0.220. The van der Waals surface area contributed by atoms with Crippen molar-refractivity contribution in [3.05, 3.63) is 11.1 Å². The van der Waals surface area contributed by atoms with E-state index in [1.165, 1.54) is 18.6 Å². The number of hydrogen-bond acceptors (Lipinski definition) is 3. The summed E-state index contributed by atoms with van der Waals surface area (Å²) in [6.45, 7) is 2.90. The highest BCUT2D eigenvalue weighted by Crippen LogP contribution is 2.28.